The standard InChI is InChI=1S/C18H22N6O/c25-17-8-4-7-16-14-9-13(11-23(16)17)10-22(12-14)18-19-20-21-24(18)15-5-2-1-3-6-15/h1-3,5-6,13-14,16H,4,7-12H2/t13-,14-,16+/m1/s1. The van der Waals surface area contributed by atoms with Gasteiger partial charge in [0.05, 0.1) is 5.69 Å². The Morgan fingerprint density at radius 1 is 1.08 bits per heavy atom. The van der Waals surface area contributed by atoms with Gasteiger partial charge in [-0.1, -0.05) is 23.3 Å². The molecule has 130 valence electrons. The molecule has 3 fully saturated rings. The molecular weight excluding hydrogens is 316 g/mol. The fourth-order valence-corrected chi connectivity index (χ4v) is 4.89. The van der Waals surface area contributed by atoms with E-state index in [2.05, 4.69) is 25.3 Å². The van der Waals surface area contributed by atoms with Crippen molar-refractivity contribution in [2.45, 2.75) is 31.7 Å². The second-order valence-electron chi connectivity index (χ2n) is 7.50. The van der Waals surface area contributed by atoms with Crippen LogP contribution in [0.1, 0.15) is 25.7 Å². The predicted molar refractivity (Wildman–Crippen MR) is 92.3 cm³/mol. The van der Waals surface area contributed by atoms with Crippen molar-refractivity contribution in [3.8, 4) is 5.69 Å². The topological polar surface area (TPSA) is 67.2 Å². The van der Waals surface area contributed by atoms with Crippen molar-refractivity contribution in [1.82, 2.24) is 25.1 Å². The summed E-state index contributed by atoms with van der Waals surface area (Å²) in [5, 5.41) is 12.4. The van der Waals surface area contributed by atoms with E-state index in [-0.39, 0.29) is 0 Å². The summed E-state index contributed by atoms with van der Waals surface area (Å²) in [6.45, 7) is 2.74. The molecule has 3 saturated heterocycles. The number of anilines is 1. The fourth-order valence-electron chi connectivity index (χ4n) is 4.89. The van der Waals surface area contributed by atoms with Crippen LogP contribution >= 0.6 is 0 Å². The molecule has 1 amide bonds. The van der Waals surface area contributed by atoms with Gasteiger partial charge >= 0.3 is 0 Å². The number of piperidine rings is 3. The number of hydrogen-bond acceptors (Lipinski definition) is 5. The molecule has 3 atom stereocenters. The second kappa shape index (κ2) is 5.82. The third kappa shape index (κ3) is 2.49. The van der Waals surface area contributed by atoms with E-state index in [4.69, 9.17) is 0 Å². The zero-order chi connectivity index (χ0) is 16.8. The number of fused-ring (bicyclic) bond motifs is 4. The Hall–Kier alpha value is -2.44. The molecule has 3 aliphatic rings. The lowest BCUT2D eigenvalue weighted by molar-refractivity contribution is -0.142. The molecule has 0 saturated carbocycles. The first kappa shape index (κ1) is 14.9. The van der Waals surface area contributed by atoms with Crippen molar-refractivity contribution in [2.75, 3.05) is 24.5 Å². The number of hydrogen-bond donors (Lipinski definition) is 0. The van der Waals surface area contributed by atoms with Crippen LogP contribution in [0.25, 0.3) is 5.69 Å². The first-order chi connectivity index (χ1) is 12.3. The van der Waals surface area contributed by atoms with Crippen LogP contribution in [0, 0.1) is 11.8 Å². The van der Waals surface area contributed by atoms with E-state index < -0.39 is 0 Å². The lowest BCUT2D eigenvalue weighted by Crippen LogP contribution is -2.60. The summed E-state index contributed by atoms with van der Waals surface area (Å²) in [6.07, 6.45) is 4.12. The van der Waals surface area contributed by atoms with E-state index in [1.807, 2.05) is 35.0 Å². The van der Waals surface area contributed by atoms with Gasteiger partial charge in [-0.15, -0.1) is 0 Å². The highest BCUT2D eigenvalue weighted by Crippen LogP contribution is 2.38. The molecule has 2 aromatic rings. The third-order valence-corrected chi connectivity index (χ3v) is 5.92. The van der Waals surface area contributed by atoms with Gasteiger partial charge in [0.1, 0.15) is 0 Å². The van der Waals surface area contributed by atoms with Crippen LogP contribution in [0.4, 0.5) is 5.95 Å². The maximum absolute atomic E-state index is 12.3. The van der Waals surface area contributed by atoms with E-state index in [9.17, 15) is 4.79 Å². The van der Waals surface area contributed by atoms with Crippen LogP contribution in [0.15, 0.2) is 30.3 Å². The SMILES string of the molecule is O=C1CCC[C@H]2[C@@H]3C[C@H](CN(c4nnnn4-c4ccccc4)C3)CN12. The Morgan fingerprint density at radius 2 is 1.96 bits per heavy atom. The van der Waals surface area contributed by atoms with Crippen LogP contribution in [0.5, 0.6) is 0 Å². The van der Waals surface area contributed by atoms with E-state index in [1.54, 1.807) is 0 Å². The zero-order valence-corrected chi connectivity index (χ0v) is 14.2. The highest BCUT2D eigenvalue weighted by Gasteiger charge is 2.44. The Morgan fingerprint density at radius 3 is 2.84 bits per heavy atom. The van der Waals surface area contributed by atoms with Crippen LogP contribution < -0.4 is 4.90 Å². The van der Waals surface area contributed by atoms with Gasteiger partial charge in [-0.25, -0.2) is 0 Å². The minimum absolute atomic E-state index is 0.355. The molecule has 5 rings (SSSR count). The molecule has 0 N–H and O–H groups in total. The number of amides is 1. The summed E-state index contributed by atoms with van der Waals surface area (Å²) in [5.41, 5.74) is 0.979. The van der Waals surface area contributed by atoms with Gasteiger partial charge in [-0.3, -0.25) is 4.79 Å². The van der Waals surface area contributed by atoms with E-state index in [1.165, 1.54) is 6.42 Å². The average Bonchev–Trinajstić information content (AvgIpc) is 3.13. The van der Waals surface area contributed by atoms with Crippen LogP contribution in [-0.2, 0) is 4.79 Å². The van der Waals surface area contributed by atoms with Gasteiger partial charge < -0.3 is 9.80 Å². The number of para-hydroxylation sites is 1. The first-order valence-corrected chi connectivity index (χ1v) is 9.18. The van der Waals surface area contributed by atoms with Crippen LogP contribution in [0.3, 0.4) is 0 Å². The van der Waals surface area contributed by atoms with Crippen LogP contribution in [0.2, 0.25) is 0 Å². The van der Waals surface area contributed by atoms with Gasteiger partial charge in [0.15, 0.2) is 0 Å². The van der Waals surface area contributed by atoms with Gasteiger partial charge in [0.2, 0.25) is 11.9 Å². The van der Waals surface area contributed by atoms with Crippen molar-refractivity contribution in [3.05, 3.63) is 30.3 Å². The highest BCUT2D eigenvalue weighted by atomic mass is 16.2. The maximum atomic E-state index is 12.3. The molecule has 7 nitrogen and oxygen atoms in total. The summed E-state index contributed by atoms with van der Waals surface area (Å²) in [5.74, 6) is 2.21. The number of benzene rings is 1. The molecule has 2 bridgehead atoms. The van der Waals surface area contributed by atoms with Gasteiger partial charge in [0, 0.05) is 32.1 Å². The lowest BCUT2D eigenvalue weighted by Gasteiger charge is -2.52. The Balaban J connectivity index is 1.43. The molecule has 4 heterocycles. The molecule has 0 radical (unpaired) electrons. The fraction of sp³-hybridized carbons (Fsp3) is 0.556. The van der Waals surface area contributed by atoms with Crippen LogP contribution in [-0.4, -0.2) is 56.7 Å². The molecule has 1 aromatic carbocycles. The second-order valence-corrected chi connectivity index (χ2v) is 7.50. The summed E-state index contributed by atoms with van der Waals surface area (Å²) >= 11 is 0. The molecule has 25 heavy (non-hydrogen) atoms. The molecule has 0 spiro atoms. The summed E-state index contributed by atoms with van der Waals surface area (Å²) in [7, 11) is 0. The van der Waals surface area contributed by atoms with Crippen molar-refractivity contribution >= 4 is 11.9 Å². The van der Waals surface area contributed by atoms with Gasteiger partial charge in [-0.05, 0) is 53.7 Å². The molecule has 1 aromatic heterocycles. The quantitative estimate of drug-likeness (QED) is 0.830. The normalized spacial score (nSPS) is 28.8. The van der Waals surface area contributed by atoms with Gasteiger partial charge in [-0.2, -0.15) is 4.68 Å². The minimum atomic E-state index is 0.355. The predicted octanol–water partition coefficient (Wildman–Crippen LogP) is 1.50. The molecule has 0 unspecified atom stereocenters. The van der Waals surface area contributed by atoms with Crippen molar-refractivity contribution in [1.29, 1.82) is 0 Å². The van der Waals surface area contributed by atoms with Crippen molar-refractivity contribution in [2.24, 2.45) is 11.8 Å². The minimum Gasteiger partial charge on any atom is -0.339 e. The third-order valence-electron chi connectivity index (χ3n) is 5.92. The Labute approximate surface area is 146 Å². The summed E-state index contributed by atoms with van der Waals surface area (Å²) in [6, 6.07) is 10.4. The number of carbonyl (C=O) groups is 1. The smallest absolute Gasteiger partial charge is 0.250 e. The Bertz CT molecular complexity index is 775. The monoisotopic (exact) mass is 338 g/mol. The largest absolute Gasteiger partial charge is 0.339 e. The summed E-state index contributed by atoms with van der Waals surface area (Å²) in [4.78, 5) is 16.8. The van der Waals surface area contributed by atoms with Crippen molar-refractivity contribution < 1.29 is 4.79 Å². The number of nitrogens with zero attached hydrogens (tertiary/aromatic N) is 6. The number of rotatable bonds is 2. The van der Waals surface area contributed by atoms with Gasteiger partial charge in [0.25, 0.3) is 0 Å². The molecule has 0 aliphatic carbocycles. The first-order valence-electron chi connectivity index (χ1n) is 9.18. The van der Waals surface area contributed by atoms with E-state index >= 15 is 0 Å². The molecule has 3 aliphatic heterocycles. The highest BCUT2D eigenvalue weighted by molar-refractivity contribution is 5.77. The van der Waals surface area contributed by atoms with Crippen molar-refractivity contribution in [3.63, 3.8) is 0 Å². The maximum Gasteiger partial charge on any atom is 0.250 e. The average molecular weight is 338 g/mol. The number of tetrazole rings is 1. The molecular formula is C18H22N6O. The number of aromatic nitrogens is 4. The van der Waals surface area contributed by atoms with E-state index in [0.717, 1.165) is 50.5 Å². The summed E-state index contributed by atoms with van der Waals surface area (Å²) < 4.78 is 1.82. The number of carbonyl (C=O) groups excluding carboxylic acids is 1. The lowest BCUT2D eigenvalue weighted by atomic mass is 9.76. The zero-order valence-electron chi connectivity index (χ0n) is 14.2. The Kier molecular flexibility index (Phi) is 3.46. The van der Waals surface area contributed by atoms with E-state index in [0.29, 0.717) is 23.8 Å². The molecule has 7 heteroatoms.